The van der Waals surface area contributed by atoms with Crippen LogP contribution in [0.3, 0.4) is 0 Å². The number of benzene rings is 2. The molecule has 0 aliphatic heterocycles. The average molecular weight is 351 g/mol. The van der Waals surface area contributed by atoms with Crippen LogP contribution in [-0.2, 0) is 6.54 Å². The molecule has 1 heterocycles. The molecule has 1 aromatic heterocycles. The topological polar surface area (TPSA) is 85.0 Å². The molecule has 2 N–H and O–H groups in total. The summed E-state index contributed by atoms with van der Waals surface area (Å²) in [4.78, 5) is 14.6. The number of nitrogens with one attached hydrogen (secondary N) is 2. The molecule has 26 heavy (non-hydrogen) atoms. The molecule has 2 aromatic carbocycles. The zero-order chi connectivity index (χ0) is 18.4. The maximum Gasteiger partial charge on any atom is 0.274 e. The quantitative estimate of drug-likeness (QED) is 0.368. The predicted octanol–water partition coefficient (Wildman–Crippen LogP) is 3.51. The van der Waals surface area contributed by atoms with Crippen LogP contribution in [0.1, 0.15) is 12.1 Å². The monoisotopic (exact) mass is 351 g/mol. The molecule has 7 heteroatoms. The van der Waals surface area contributed by atoms with Crippen molar-refractivity contribution in [1.29, 1.82) is 0 Å². The third-order valence-corrected chi connectivity index (χ3v) is 4.11. The summed E-state index contributed by atoms with van der Waals surface area (Å²) in [5.41, 5.74) is 1.93. The Balaban J connectivity index is 1.66. The van der Waals surface area contributed by atoms with Crippen LogP contribution < -0.4 is 10.6 Å². The Hall–Kier alpha value is -3.35. The molecule has 3 aromatic rings. The number of nitro groups is 1. The van der Waals surface area contributed by atoms with E-state index in [1.54, 1.807) is 6.33 Å². The second kappa shape index (κ2) is 8.15. The lowest BCUT2D eigenvalue weighted by atomic mass is 10.1. The van der Waals surface area contributed by atoms with Gasteiger partial charge in [0.2, 0.25) is 0 Å². The highest BCUT2D eigenvalue weighted by molar-refractivity contribution is 5.94. The standard InChI is InChI=1S/C19H21N5O2/c1-15-12-20-14-23(15)11-5-10-21-19(13-24(25)26)22-18-9-4-7-16-6-2-3-8-17(16)18/h2-4,6-9,12-14,21-22H,5,10-11H2,1H3/b19-13-. The molecular formula is C19H21N5O2. The van der Waals surface area contributed by atoms with Gasteiger partial charge < -0.3 is 15.2 Å². The lowest BCUT2D eigenvalue weighted by molar-refractivity contribution is -0.403. The summed E-state index contributed by atoms with van der Waals surface area (Å²) < 4.78 is 2.05. The number of anilines is 1. The summed E-state index contributed by atoms with van der Waals surface area (Å²) in [5.74, 6) is 0.369. The molecule has 0 aliphatic carbocycles. The summed E-state index contributed by atoms with van der Waals surface area (Å²) in [7, 11) is 0. The van der Waals surface area contributed by atoms with Crippen molar-refractivity contribution in [2.45, 2.75) is 19.9 Å². The van der Waals surface area contributed by atoms with Crippen molar-refractivity contribution in [1.82, 2.24) is 14.9 Å². The molecule has 0 bridgehead atoms. The van der Waals surface area contributed by atoms with Crippen LogP contribution in [0.5, 0.6) is 0 Å². The van der Waals surface area contributed by atoms with E-state index < -0.39 is 4.92 Å². The Morgan fingerprint density at radius 3 is 2.85 bits per heavy atom. The van der Waals surface area contributed by atoms with Gasteiger partial charge >= 0.3 is 0 Å². The highest BCUT2D eigenvalue weighted by Crippen LogP contribution is 2.23. The highest BCUT2D eigenvalue weighted by Gasteiger charge is 2.06. The molecule has 0 atom stereocenters. The number of aryl methyl sites for hydroxylation is 2. The first-order chi connectivity index (χ1) is 12.6. The minimum absolute atomic E-state index is 0.369. The van der Waals surface area contributed by atoms with Crippen LogP contribution in [0.2, 0.25) is 0 Å². The number of hydrogen-bond donors (Lipinski definition) is 2. The van der Waals surface area contributed by atoms with Gasteiger partial charge in [0.1, 0.15) is 0 Å². The van der Waals surface area contributed by atoms with Crippen LogP contribution in [0.25, 0.3) is 10.8 Å². The Bertz CT molecular complexity index is 927. The Morgan fingerprint density at radius 2 is 2.08 bits per heavy atom. The zero-order valence-corrected chi connectivity index (χ0v) is 14.6. The largest absolute Gasteiger partial charge is 0.366 e. The Kier molecular flexibility index (Phi) is 5.48. The molecule has 0 radical (unpaired) electrons. The molecule has 0 saturated carbocycles. The van der Waals surface area contributed by atoms with Crippen molar-refractivity contribution < 1.29 is 4.92 Å². The Labute approximate surface area is 151 Å². The van der Waals surface area contributed by atoms with E-state index in [4.69, 9.17) is 0 Å². The number of aromatic nitrogens is 2. The first-order valence-corrected chi connectivity index (χ1v) is 8.44. The van der Waals surface area contributed by atoms with E-state index in [1.807, 2.05) is 55.6 Å². The van der Waals surface area contributed by atoms with Gasteiger partial charge in [0, 0.05) is 36.1 Å². The van der Waals surface area contributed by atoms with Crippen molar-refractivity contribution in [3.63, 3.8) is 0 Å². The number of nitrogens with zero attached hydrogens (tertiary/aromatic N) is 3. The SMILES string of the molecule is Cc1cncn1CCCN/C(=C/[N+](=O)[O-])Nc1cccc2ccccc12. The van der Waals surface area contributed by atoms with Gasteiger partial charge in [-0.15, -0.1) is 0 Å². The molecule has 0 aliphatic rings. The summed E-state index contributed by atoms with van der Waals surface area (Å²) >= 11 is 0. The summed E-state index contributed by atoms with van der Waals surface area (Å²) in [6.07, 6.45) is 5.39. The number of fused-ring (bicyclic) bond motifs is 1. The van der Waals surface area contributed by atoms with Gasteiger partial charge in [-0.05, 0) is 24.8 Å². The summed E-state index contributed by atoms with van der Waals surface area (Å²) in [5, 5.41) is 19.3. The zero-order valence-electron chi connectivity index (χ0n) is 14.6. The first kappa shape index (κ1) is 17.5. The lowest BCUT2D eigenvalue weighted by Crippen LogP contribution is -2.23. The van der Waals surface area contributed by atoms with Crippen LogP contribution >= 0.6 is 0 Å². The van der Waals surface area contributed by atoms with E-state index in [9.17, 15) is 10.1 Å². The van der Waals surface area contributed by atoms with Crippen molar-refractivity contribution in [3.05, 3.63) is 82.8 Å². The smallest absolute Gasteiger partial charge is 0.274 e. The fourth-order valence-electron chi connectivity index (χ4n) is 2.80. The second-order valence-corrected chi connectivity index (χ2v) is 5.99. The first-order valence-electron chi connectivity index (χ1n) is 8.44. The molecule has 0 spiro atoms. The van der Waals surface area contributed by atoms with Gasteiger partial charge in [-0.3, -0.25) is 10.1 Å². The average Bonchev–Trinajstić information content (AvgIpc) is 3.03. The van der Waals surface area contributed by atoms with Crippen molar-refractivity contribution in [2.24, 2.45) is 0 Å². The van der Waals surface area contributed by atoms with E-state index >= 15 is 0 Å². The number of hydrogen-bond acceptors (Lipinski definition) is 5. The third-order valence-electron chi connectivity index (χ3n) is 4.11. The maximum absolute atomic E-state index is 11.0. The van der Waals surface area contributed by atoms with Crippen molar-refractivity contribution in [2.75, 3.05) is 11.9 Å². The minimum Gasteiger partial charge on any atom is -0.366 e. The van der Waals surface area contributed by atoms with Gasteiger partial charge in [0.25, 0.3) is 6.20 Å². The fraction of sp³-hybridized carbons (Fsp3) is 0.211. The summed E-state index contributed by atoms with van der Waals surface area (Å²) in [6, 6.07) is 13.8. The third kappa shape index (κ3) is 4.38. The van der Waals surface area contributed by atoms with Gasteiger partial charge in [-0.25, -0.2) is 4.98 Å². The minimum atomic E-state index is -0.458. The molecule has 3 rings (SSSR count). The van der Waals surface area contributed by atoms with Crippen LogP contribution in [-0.4, -0.2) is 21.0 Å². The maximum atomic E-state index is 11.0. The van der Waals surface area contributed by atoms with Gasteiger partial charge in [-0.1, -0.05) is 36.4 Å². The number of rotatable bonds is 8. The fourth-order valence-corrected chi connectivity index (χ4v) is 2.80. The van der Waals surface area contributed by atoms with Crippen LogP contribution in [0, 0.1) is 17.0 Å². The van der Waals surface area contributed by atoms with Gasteiger partial charge in [0.05, 0.1) is 11.3 Å². The second-order valence-electron chi connectivity index (χ2n) is 5.99. The van der Waals surface area contributed by atoms with E-state index in [-0.39, 0.29) is 0 Å². The summed E-state index contributed by atoms with van der Waals surface area (Å²) in [6.45, 7) is 3.41. The van der Waals surface area contributed by atoms with E-state index in [2.05, 4.69) is 20.2 Å². The number of imidazole rings is 1. The molecule has 0 unspecified atom stereocenters. The molecule has 7 nitrogen and oxygen atoms in total. The van der Waals surface area contributed by atoms with E-state index in [0.717, 1.165) is 41.3 Å². The van der Waals surface area contributed by atoms with Crippen molar-refractivity contribution >= 4 is 16.5 Å². The van der Waals surface area contributed by atoms with Crippen LogP contribution in [0.4, 0.5) is 5.69 Å². The highest BCUT2D eigenvalue weighted by atomic mass is 16.6. The molecule has 134 valence electrons. The van der Waals surface area contributed by atoms with Crippen molar-refractivity contribution in [3.8, 4) is 0 Å². The molecule has 0 amide bonds. The predicted molar refractivity (Wildman–Crippen MR) is 102 cm³/mol. The van der Waals surface area contributed by atoms with E-state index in [1.165, 1.54) is 0 Å². The normalized spacial score (nSPS) is 11.5. The van der Waals surface area contributed by atoms with E-state index in [0.29, 0.717) is 12.4 Å². The molecular weight excluding hydrogens is 330 g/mol. The lowest BCUT2D eigenvalue weighted by Gasteiger charge is -2.14. The van der Waals surface area contributed by atoms with Gasteiger partial charge in [0.15, 0.2) is 5.82 Å². The molecule has 0 fully saturated rings. The Morgan fingerprint density at radius 1 is 1.27 bits per heavy atom. The van der Waals surface area contributed by atoms with Gasteiger partial charge in [-0.2, -0.15) is 0 Å². The molecule has 0 saturated heterocycles. The van der Waals surface area contributed by atoms with Crippen LogP contribution in [0.15, 0.2) is 67.0 Å².